The van der Waals surface area contributed by atoms with Crippen molar-refractivity contribution in [1.82, 2.24) is 4.72 Å². The average molecular weight is 449 g/mol. The molecule has 0 aliphatic carbocycles. The van der Waals surface area contributed by atoms with E-state index >= 15 is 0 Å². The number of ether oxygens (including phenoxy) is 2. The summed E-state index contributed by atoms with van der Waals surface area (Å²) in [7, 11) is -3.55. The van der Waals surface area contributed by atoms with Crippen LogP contribution in [-0.2, 0) is 30.8 Å². The van der Waals surface area contributed by atoms with Gasteiger partial charge in [0.25, 0.3) is 5.91 Å². The van der Waals surface area contributed by atoms with Crippen LogP contribution < -0.4 is 14.8 Å². The molecule has 0 aliphatic rings. The standard InChI is InChI=1S/C22H28N2O6S/c1-3-5-14-23-31(27,28)20-12-10-19(11-13-20)30-16-21(25)24-18-8-6-17(7-9-18)15-22(26)29-4-2/h6-13,23H,3-5,14-16H2,1-2H3,(H,24,25). The Morgan fingerprint density at radius 1 is 0.968 bits per heavy atom. The Morgan fingerprint density at radius 2 is 1.65 bits per heavy atom. The van der Waals surface area contributed by atoms with Gasteiger partial charge in [-0.25, -0.2) is 13.1 Å². The van der Waals surface area contributed by atoms with Crippen LogP contribution in [0.25, 0.3) is 0 Å². The molecule has 0 atom stereocenters. The second-order valence-electron chi connectivity index (χ2n) is 6.74. The summed E-state index contributed by atoms with van der Waals surface area (Å²) in [5, 5.41) is 2.70. The van der Waals surface area contributed by atoms with Crippen LogP contribution in [0.2, 0.25) is 0 Å². The van der Waals surface area contributed by atoms with Gasteiger partial charge in [0.2, 0.25) is 10.0 Å². The molecule has 0 unspecified atom stereocenters. The van der Waals surface area contributed by atoms with E-state index in [2.05, 4.69) is 10.0 Å². The van der Waals surface area contributed by atoms with Crippen LogP contribution in [-0.4, -0.2) is 40.1 Å². The fraction of sp³-hybridized carbons (Fsp3) is 0.364. The normalized spacial score (nSPS) is 11.0. The Hall–Kier alpha value is -2.91. The van der Waals surface area contributed by atoms with Crippen molar-refractivity contribution in [1.29, 1.82) is 0 Å². The molecule has 0 aliphatic heterocycles. The van der Waals surface area contributed by atoms with E-state index in [1.165, 1.54) is 24.3 Å². The van der Waals surface area contributed by atoms with Gasteiger partial charge in [-0.3, -0.25) is 9.59 Å². The molecular formula is C22H28N2O6S. The van der Waals surface area contributed by atoms with E-state index in [0.29, 0.717) is 24.6 Å². The Morgan fingerprint density at radius 3 is 2.26 bits per heavy atom. The van der Waals surface area contributed by atoms with Crippen LogP contribution in [0.5, 0.6) is 5.75 Å². The number of hydrogen-bond donors (Lipinski definition) is 2. The van der Waals surface area contributed by atoms with Gasteiger partial charge in [0, 0.05) is 12.2 Å². The summed E-state index contributed by atoms with van der Waals surface area (Å²) in [6.45, 7) is 4.23. The Labute approximate surface area is 183 Å². The molecule has 0 bridgehead atoms. The summed E-state index contributed by atoms with van der Waals surface area (Å²) in [6, 6.07) is 12.7. The van der Waals surface area contributed by atoms with E-state index in [1.54, 1.807) is 31.2 Å². The lowest BCUT2D eigenvalue weighted by molar-refractivity contribution is -0.142. The first kappa shape index (κ1) is 24.4. The predicted octanol–water partition coefficient (Wildman–Crippen LogP) is 2.89. The van der Waals surface area contributed by atoms with Crippen molar-refractivity contribution in [2.24, 2.45) is 0 Å². The zero-order valence-electron chi connectivity index (χ0n) is 17.7. The number of amides is 1. The molecule has 31 heavy (non-hydrogen) atoms. The maximum Gasteiger partial charge on any atom is 0.310 e. The molecule has 2 rings (SSSR count). The van der Waals surface area contributed by atoms with Gasteiger partial charge < -0.3 is 14.8 Å². The number of carbonyl (C=O) groups excluding carboxylic acids is 2. The predicted molar refractivity (Wildman–Crippen MR) is 117 cm³/mol. The number of hydrogen-bond acceptors (Lipinski definition) is 6. The molecule has 2 aromatic rings. The Balaban J connectivity index is 1.82. The highest BCUT2D eigenvalue weighted by Crippen LogP contribution is 2.16. The molecule has 0 spiro atoms. The van der Waals surface area contributed by atoms with E-state index in [-0.39, 0.29) is 29.8 Å². The number of benzene rings is 2. The van der Waals surface area contributed by atoms with Gasteiger partial charge in [-0.2, -0.15) is 0 Å². The minimum Gasteiger partial charge on any atom is -0.484 e. The molecule has 9 heteroatoms. The molecule has 168 valence electrons. The molecule has 8 nitrogen and oxygen atoms in total. The highest BCUT2D eigenvalue weighted by molar-refractivity contribution is 7.89. The third kappa shape index (κ3) is 8.39. The second kappa shape index (κ2) is 12.1. The number of sulfonamides is 1. The summed E-state index contributed by atoms with van der Waals surface area (Å²) in [5.74, 6) is -0.285. The lowest BCUT2D eigenvalue weighted by atomic mass is 10.1. The SMILES string of the molecule is CCCCNS(=O)(=O)c1ccc(OCC(=O)Nc2ccc(CC(=O)OCC)cc2)cc1. The lowest BCUT2D eigenvalue weighted by Gasteiger charge is -2.10. The number of anilines is 1. The monoisotopic (exact) mass is 448 g/mol. The fourth-order valence-corrected chi connectivity index (χ4v) is 3.69. The largest absolute Gasteiger partial charge is 0.484 e. The van der Waals surface area contributed by atoms with Crippen molar-refractivity contribution in [3.63, 3.8) is 0 Å². The van der Waals surface area contributed by atoms with Gasteiger partial charge >= 0.3 is 5.97 Å². The molecule has 2 aromatic carbocycles. The zero-order chi connectivity index (χ0) is 22.7. The van der Waals surface area contributed by atoms with E-state index in [0.717, 1.165) is 18.4 Å². The minimum atomic E-state index is -3.55. The van der Waals surface area contributed by atoms with Crippen LogP contribution in [0.1, 0.15) is 32.3 Å². The Bertz CT molecular complexity index is 957. The van der Waals surface area contributed by atoms with E-state index in [1.807, 2.05) is 6.92 Å². The van der Waals surface area contributed by atoms with Crippen LogP contribution in [0.3, 0.4) is 0 Å². The third-order valence-corrected chi connectivity index (χ3v) is 5.69. The van der Waals surface area contributed by atoms with Crippen LogP contribution in [0, 0.1) is 0 Å². The topological polar surface area (TPSA) is 111 Å². The lowest BCUT2D eigenvalue weighted by Crippen LogP contribution is -2.24. The van der Waals surface area contributed by atoms with Gasteiger partial charge in [-0.05, 0) is 55.3 Å². The molecule has 2 N–H and O–H groups in total. The molecule has 0 aromatic heterocycles. The van der Waals surface area contributed by atoms with Crippen molar-refractivity contribution in [3.05, 3.63) is 54.1 Å². The number of unbranched alkanes of at least 4 members (excludes halogenated alkanes) is 1. The first-order valence-corrected chi connectivity index (χ1v) is 11.6. The van der Waals surface area contributed by atoms with Crippen molar-refractivity contribution >= 4 is 27.6 Å². The van der Waals surface area contributed by atoms with Gasteiger partial charge in [-0.1, -0.05) is 25.5 Å². The molecular weight excluding hydrogens is 420 g/mol. The number of nitrogens with one attached hydrogen (secondary N) is 2. The summed E-state index contributed by atoms with van der Waals surface area (Å²) in [5.41, 5.74) is 1.35. The highest BCUT2D eigenvalue weighted by atomic mass is 32.2. The smallest absolute Gasteiger partial charge is 0.310 e. The fourth-order valence-electron chi connectivity index (χ4n) is 2.61. The van der Waals surface area contributed by atoms with Crippen LogP contribution in [0.4, 0.5) is 5.69 Å². The first-order valence-electron chi connectivity index (χ1n) is 10.1. The number of rotatable bonds is 12. The Kier molecular flexibility index (Phi) is 9.48. The van der Waals surface area contributed by atoms with Crippen LogP contribution in [0.15, 0.2) is 53.4 Å². The van der Waals surface area contributed by atoms with Gasteiger partial charge in [-0.15, -0.1) is 0 Å². The van der Waals surface area contributed by atoms with Gasteiger partial charge in [0.1, 0.15) is 5.75 Å². The maximum absolute atomic E-state index is 12.2. The highest BCUT2D eigenvalue weighted by Gasteiger charge is 2.13. The molecule has 1 amide bonds. The van der Waals surface area contributed by atoms with Gasteiger partial charge in [0.05, 0.1) is 17.9 Å². The number of esters is 1. The number of carbonyl (C=O) groups is 2. The summed E-state index contributed by atoms with van der Waals surface area (Å²) < 4.78 is 37.2. The second-order valence-corrected chi connectivity index (χ2v) is 8.51. The van der Waals surface area contributed by atoms with Crippen molar-refractivity contribution in [2.45, 2.75) is 38.0 Å². The molecule has 0 radical (unpaired) electrons. The molecule has 0 saturated heterocycles. The minimum absolute atomic E-state index is 0.142. The molecule has 0 fully saturated rings. The molecule has 0 saturated carbocycles. The van der Waals surface area contributed by atoms with Crippen molar-refractivity contribution in [3.8, 4) is 5.75 Å². The quantitative estimate of drug-likeness (QED) is 0.382. The average Bonchev–Trinajstić information content (AvgIpc) is 2.74. The zero-order valence-corrected chi connectivity index (χ0v) is 18.5. The first-order chi connectivity index (χ1) is 14.8. The van der Waals surface area contributed by atoms with E-state index < -0.39 is 10.0 Å². The summed E-state index contributed by atoms with van der Waals surface area (Å²) in [6.07, 6.45) is 1.84. The summed E-state index contributed by atoms with van der Waals surface area (Å²) >= 11 is 0. The van der Waals surface area contributed by atoms with Crippen molar-refractivity contribution in [2.75, 3.05) is 25.1 Å². The van der Waals surface area contributed by atoms with E-state index in [4.69, 9.17) is 9.47 Å². The molecule has 0 heterocycles. The maximum atomic E-state index is 12.2. The third-order valence-electron chi connectivity index (χ3n) is 4.22. The summed E-state index contributed by atoms with van der Waals surface area (Å²) in [4.78, 5) is 23.7. The van der Waals surface area contributed by atoms with Crippen molar-refractivity contribution < 1.29 is 27.5 Å². The van der Waals surface area contributed by atoms with Gasteiger partial charge in [0.15, 0.2) is 6.61 Å². The van der Waals surface area contributed by atoms with E-state index in [9.17, 15) is 18.0 Å². The van der Waals surface area contributed by atoms with Crippen LogP contribution >= 0.6 is 0 Å².